The van der Waals surface area contributed by atoms with E-state index in [-0.39, 0.29) is 11.5 Å². The molecule has 0 saturated carbocycles. The van der Waals surface area contributed by atoms with Crippen molar-refractivity contribution < 1.29 is 17.9 Å². The maximum absolute atomic E-state index is 12.6. The molecule has 1 N–H and O–H groups in total. The maximum atomic E-state index is 12.6. The minimum absolute atomic E-state index is 0.0213. The molecule has 118 valence electrons. The molecule has 0 aliphatic carbocycles. The highest BCUT2D eigenvalue weighted by molar-refractivity contribution is 7.89. The van der Waals surface area contributed by atoms with Crippen LogP contribution in [0.1, 0.15) is 5.69 Å². The van der Waals surface area contributed by atoms with Crippen LogP contribution in [-0.2, 0) is 25.2 Å². The molecule has 1 aromatic carbocycles. The number of ether oxygens (including phenoxy) is 2. The summed E-state index contributed by atoms with van der Waals surface area (Å²) >= 11 is 0. The van der Waals surface area contributed by atoms with E-state index in [9.17, 15) is 8.42 Å². The van der Waals surface area contributed by atoms with Gasteiger partial charge in [-0.05, 0) is 24.3 Å². The molecule has 1 atom stereocenters. The molecule has 0 bridgehead atoms. The zero-order chi connectivity index (χ0) is 16.1. The smallest absolute Gasteiger partial charge is 0.243 e. The van der Waals surface area contributed by atoms with Crippen molar-refractivity contribution in [2.24, 2.45) is 0 Å². The van der Waals surface area contributed by atoms with Gasteiger partial charge in [-0.1, -0.05) is 24.3 Å². The van der Waals surface area contributed by atoms with E-state index < -0.39 is 15.7 Å². The number of aromatic nitrogens is 1. The highest BCUT2D eigenvalue weighted by atomic mass is 32.2. The quantitative estimate of drug-likeness (QED) is 0.782. The third-order valence-corrected chi connectivity index (χ3v) is 4.62. The van der Waals surface area contributed by atoms with Gasteiger partial charge in [0, 0.05) is 20.4 Å². The Morgan fingerprint density at radius 1 is 1.09 bits per heavy atom. The van der Waals surface area contributed by atoms with Gasteiger partial charge >= 0.3 is 0 Å². The third kappa shape index (κ3) is 3.50. The van der Waals surface area contributed by atoms with Crippen LogP contribution in [0, 0.1) is 0 Å². The third-order valence-electron chi connectivity index (χ3n) is 3.13. The molecule has 0 spiro atoms. The average molecular weight is 322 g/mol. The largest absolute Gasteiger partial charge is 0.380 e. The van der Waals surface area contributed by atoms with Crippen LogP contribution in [0.5, 0.6) is 0 Å². The zero-order valence-corrected chi connectivity index (χ0v) is 13.2. The summed E-state index contributed by atoms with van der Waals surface area (Å²) in [6, 6.07) is 13.2. The van der Waals surface area contributed by atoms with Crippen LogP contribution in [0.2, 0.25) is 0 Å². The van der Waals surface area contributed by atoms with E-state index in [1.165, 1.54) is 26.4 Å². The van der Waals surface area contributed by atoms with Crippen molar-refractivity contribution in [3.05, 3.63) is 60.4 Å². The van der Waals surface area contributed by atoms with Crippen molar-refractivity contribution in [2.45, 2.75) is 10.6 Å². The van der Waals surface area contributed by atoms with Gasteiger partial charge in [0.25, 0.3) is 0 Å². The Hall–Kier alpha value is -1.80. The van der Waals surface area contributed by atoms with E-state index in [0.29, 0.717) is 5.69 Å². The maximum Gasteiger partial charge on any atom is 0.243 e. The van der Waals surface area contributed by atoms with Crippen LogP contribution in [0.3, 0.4) is 0 Å². The fraction of sp³-hybridized carbons (Fsp3) is 0.267. The zero-order valence-electron chi connectivity index (χ0n) is 12.4. The topological polar surface area (TPSA) is 77.5 Å². The Morgan fingerprint density at radius 3 is 2.32 bits per heavy atom. The number of hydrogen-bond donors (Lipinski definition) is 1. The Labute approximate surface area is 130 Å². The Morgan fingerprint density at radius 2 is 1.77 bits per heavy atom. The lowest BCUT2D eigenvalue weighted by molar-refractivity contribution is -0.0807. The normalized spacial score (nSPS) is 14.5. The Bertz CT molecular complexity index is 692. The summed E-state index contributed by atoms with van der Waals surface area (Å²) in [6.07, 6.45) is 1.57. The summed E-state index contributed by atoms with van der Waals surface area (Å²) in [5, 5.41) is 0. The predicted molar refractivity (Wildman–Crippen MR) is 81.6 cm³/mol. The Kier molecular flexibility index (Phi) is 5.25. The van der Waals surface area contributed by atoms with Crippen molar-refractivity contribution in [2.75, 3.05) is 20.8 Å². The second kappa shape index (κ2) is 6.97. The van der Waals surface area contributed by atoms with Crippen LogP contribution in [-0.4, -0.2) is 34.2 Å². The van der Waals surface area contributed by atoms with Crippen LogP contribution >= 0.6 is 0 Å². The highest BCUT2D eigenvalue weighted by Gasteiger charge is 2.38. The molecule has 2 rings (SSSR count). The van der Waals surface area contributed by atoms with Gasteiger partial charge < -0.3 is 9.47 Å². The number of benzene rings is 1. The number of methoxy groups -OCH3 is 2. The first-order valence-electron chi connectivity index (χ1n) is 6.59. The molecule has 1 unspecified atom stereocenters. The number of sulfonamides is 1. The summed E-state index contributed by atoms with van der Waals surface area (Å²) in [5.41, 5.74) is -0.983. The number of pyridine rings is 1. The summed E-state index contributed by atoms with van der Waals surface area (Å²) < 4.78 is 38.3. The lowest BCUT2D eigenvalue weighted by Crippen LogP contribution is -2.51. The molecule has 0 saturated heterocycles. The minimum Gasteiger partial charge on any atom is -0.380 e. The second-order valence-electron chi connectivity index (χ2n) is 4.60. The van der Waals surface area contributed by atoms with Gasteiger partial charge in [0.2, 0.25) is 10.0 Å². The van der Waals surface area contributed by atoms with Crippen LogP contribution in [0.15, 0.2) is 59.6 Å². The van der Waals surface area contributed by atoms with E-state index in [2.05, 4.69) is 9.71 Å². The fourth-order valence-electron chi connectivity index (χ4n) is 2.04. The SMILES string of the molecule is COCC(NS(=O)(=O)c1ccccc1)(OC)c1ccccn1. The monoisotopic (exact) mass is 322 g/mol. The standard InChI is InChI=1S/C15H18N2O4S/c1-20-12-15(21-2,14-10-6-7-11-16-14)17-22(18,19)13-8-4-3-5-9-13/h3-11,17H,12H2,1-2H3. The van der Waals surface area contributed by atoms with E-state index in [1.54, 1.807) is 42.6 Å². The lowest BCUT2D eigenvalue weighted by atomic mass is 10.1. The minimum atomic E-state index is -3.80. The van der Waals surface area contributed by atoms with Gasteiger partial charge in [0.05, 0.1) is 17.2 Å². The highest BCUT2D eigenvalue weighted by Crippen LogP contribution is 2.23. The number of rotatable bonds is 7. The molecule has 6 nitrogen and oxygen atoms in total. The number of nitrogens with zero attached hydrogens (tertiary/aromatic N) is 1. The Balaban J connectivity index is 2.43. The summed E-state index contributed by atoms with van der Waals surface area (Å²) in [5.74, 6) is 0. The van der Waals surface area contributed by atoms with Crippen LogP contribution in [0.25, 0.3) is 0 Å². The molecular formula is C15H18N2O4S. The first-order valence-corrected chi connectivity index (χ1v) is 8.07. The molecular weight excluding hydrogens is 304 g/mol. The van der Waals surface area contributed by atoms with Crippen LogP contribution in [0.4, 0.5) is 0 Å². The molecule has 2 aromatic rings. The molecule has 0 amide bonds. The van der Waals surface area contributed by atoms with E-state index in [4.69, 9.17) is 9.47 Å². The van der Waals surface area contributed by atoms with Gasteiger partial charge in [-0.25, -0.2) is 8.42 Å². The molecule has 7 heteroatoms. The van der Waals surface area contributed by atoms with Crippen molar-refractivity contribution in [1.29, 1.82) is 0 Å². The summed E-state index contributed by atoms with van der Waals surface area (Å²) in [6.45, 7) is -0.0213. The van der Waals surface area contributed by atoms with Crippen molar-refractivity contribution in [1.82, 2.24) is 9.71 Å². The van der Waals surface area contributed by atoms with Crippen molar-refractivity contribution in [3.8, 4) is 0 Å². The van der Waals surface area contributed by atoms with E-state index in [0.717, 1.165) is 0 Å². The molecule has 1 aromatic heterocycles. The summed E-state index contributed by atoms with van der Waals surface area (Å²) in [7, 11) is -0.926. The molecule has 0 aliphatic rings. The number of nitrogens with one attached hydrogen (secondary N) is 1. The fourth-order valence-corrected chi connectivity index (χ4v) is 3.36. The lowest BCUT2D eigenvalue weighted by Gasteiger charge is -2.31. The van der Waals surface area contributed by atoms with Crippen molar-refractivity contribution >= 4 is 10.0 Å². The molecule has 0 radical (unpaired) electrons. The van der Waals surface area contributed by atoms with Crippen molar-refractivity contribution in [3.63, 3.8) is 0 Å². The predicted octanol–water partition coefficient (Wildman–Crippen LogP) is 1.51. The van der Waals surface area contributed by atoms with E-state index >= 15 is 0 Å². The van der Waals surface area contributed by atoms with Gasteiger partial charge in [-0.15, -0.1) is 0 Å². The number of hydrogen-bond acceptors (Lipinski definition) is 5. The molecule has 0 aliphatic heterocycles. The van der Waals surface area contributed by atoms with Gasteiger partial charge in [-0.3, -0.25) is 4.98 Å². The first-order chi connectivity index (χ1) is 10.5. The molecule has 0 fully saturated rings. The van der Waals surface area contributed by atoms with Gasteiger partial charge in [-0.2, -0.15) is 4.72 Å². The van der Waals surface area contributed by atoms with E-state index in [1.807, 2.05) is 0 Å². The second-order valence-corrected chi connectivity index (χ2v) is 6.28. The van der Waals surface area contributed by atoms with Gasteiger partial charge in [0.15, 0.2) is 5.72 Å². The summed E-state index contributed by atoms with van der Waals surface area (Å²) in [4.78, 5) is 4.33. The average Bonchev–Trinajstić information content (AvgIpc) is 2.56. The van der Waals surface area contributed by atoms with Crippen LogP contribution < -0.4 is 4.72 Å². The molecule has 1 heterocycles. The van der Waals surface area contributed by atoms with Gasteiger partial charge in [0.1, 0.15) is 0 Å². The first kappa shape index (κ1) is 16.6. The molecule has 22 heavy (non-hydrogen) atoms.